The summed E-state index contributed by atoms with van der Waals surface area (Å²) in [5, 5.41) is 27.2. The smallest absolute Gasteiger partial charge is 0.273 e. The van der Waals surface area contributed by atoms with Crippen molar-refractivity contribution in [1.29, 1.82) is 0 Å². The van der Waals surface area contributed by atoms with Crippen LogP contribution in [0.5, 0.6) is 0 Å². The van der Waals surface area contributed by atoms with Gasteiger partial charge < -0.3 is 25.8 Å². The van der Waals surface area contributed by atoms with Gasteiger partial charge in [0.2, 0.25) is 0 Å². The lowest BCUT2D eigenvalue weighted by molar-refractivity contribution is -0.0542. The molecule has 2 heterocycles. The molecule has 1 saturated heterocycles. The molecule has 1 unspecified atom stereocenters. The lowest BCUT2D eigenvalue weighted by Gasteiger charge is -2.20. The van der Waals surface area contributed by atoms with Gasteiger partial charge in [-0.2, -0.15) is 8.42 Å². The first-order valence-electron chi connectivity index (χ1n) is 6.76. The van der Waals surface area contributed by atoms with Gasteiger partial charge in [-0.05, 0) is 12.2 Å². The third kappa shape index (κ3) is 3.43. The SMILES string of the molecule is NCC(c1cn([C@@H]2O[C@H](CO)[C@@H](O)[C@H]2O)c(=S)[nH]c1=O)S(=O)(=O)O. The second-order valence-electron chi connectivity index (χ2n) is 5.22. The fourth-order valence-corrected chi connectivity index (χ4v) is 3.42. The minimum atomic E-state index is -4.67. The van der Waals surface area contributed by atoms with Gasteiger partial charge in [0.1, 0.15) is 23.6 Å². The summed E-state index contributed by atoms with van der Waals surface area (Å²) in [6, 6.07) is 0. The number of aromatic amines is 1. The minimum absolute atomic E-state index is 0.218. The minimum Gasteiger partial charge on any atom is -0.394 e. The number of hydrogen-bond donors (Lipinski definition) is 6. The summed E-state index contributed by atoms with van der Waals surface area (Å²) >= 11 is 4.95. The molecule has 1 fully saturated rings. The van der Waals surface area contributed by atoms with E-state index in [0.717, 1.165) is 10.8 Å². The van der Waals surface area contributed by atoms with Crippen molar-refractivity contribution in [2.24, 2.45) is 5.73 Å². The number of nitrogens with zero attached hydrogens (tertiary/aromatic N) is 1. The molecule has 0 bridgehead atoms. The summed E-state index contributed by atoms with van der Waals surface area (Å²) in [7, 11) is -4.67. The first-order valence-corrected chi connectivity index (χ1v) is 8.67. The zero-order valence-electron chi connectivity index (χ0n) is 12.1. The number of ether oxygens (including phenoxy) is 1. The van der Waals surface area contributed by atoms with E-state index in [-0.39, 0.29) is 4.77 Å². The Bertz CT molecular complexity index is 819. The van der Waals surface area contributed by atoms with Gasteiger partial charge in [-0.15, -0.1) is 0 Å². The number of aromatic nitrogens is 2. The van der Waals surface area contributed by atoms with Crippen LogP contribution in [0.25, 0.3) is 0 Å². The maximum atomic E-state index is 12.0. The van der Waals surface area contributed by atoms with Gasteiger partial charge in [0, 0.05) is 12.7 Å². The largest absolute Gasteiger partial charge is 0.394 e. The molecule has 7 N–H and O–H groups in total. The van der Waals surface area contributed by atoms with Crippen LogP contribution in [0, 0.1) is 4.77 Å². The maximum Gasteiger partial charge on any atom is 0.273 e. The van der Waals surface area contributed by atoms with E-state index < -0.39 is 64.2 Å². The zero-order valence-corrected chi connectivity index (χ0v) is 13.8. The highest BCUT2D eigenvalue weighted by Gasteiger charge is 2.43. The quantitative estimate of drug-likeness (QED) is 0.232. The maximum absolute atomic E-state index is 12.0. The Morgan fingerprint density at radius 1 is 1.42 bits per heavy atom. The molecule has 5 atom stereocenters. The predicted octanol–water partition coefficient (Wildman–Crippen LogP) is -2.60. The van der Waals surface area contributed by atoms with Crippen LogP contribution in [0.2, 0.25) is 0 Å². The van der Waals surface area contributed by atoms with Gasteiger partial charge in [0.15, 0.2) is 11.0 Å². The molecular formula is C11H17N3O8S2. The molecule has 2 rings (SSSR count). The highest BCUT2D eigenvalue weighted by atomic mass is 32.2. The molecule has 0 spiro atoms. The highest BCUT2D eigenvalue weighted by molar-refractivity contribution is 7.86. The Balaban J connectivity index is 2.56. The summed E-state index contributed by atoms with van der Waals surface area (Å²) in [5.41, 5.74) is 4.02. The van der Waals surface area contributed by atoms with Crippen molar-refractivity contribution in [3.05, 3.63) is 26.9 Å². The molecule has 1 aliphatic heterocycles. The number of H-pyrrole nitrogens is 1. The first kappa shape index (κ1) is 19.1. The first-order chi connectivity index (χ1) is 11.1. The van der Waals surface area contributed by atoms with Gasteiger partial charge >= 0.3 is 0 Å². The van der Waals surface area contributed by atoms with Crippen molar-refractivity contribution in [3.8, 4) is 0 Å². The van der Waals surface area contributed by atoms with Gasteiger partial charge in [0.25, 0.3) is 15.7 Å². The number of aliphatic hydroxyl groups excluding tert-OH is 3. The predicted molar refractivity (Wildman–Crippen MR) is 82.2 cm³/mol. The summed E-state index contributed by atoms with van der Waals surface area (Å²) in [6.45, 7) is -1.15. The normalized spacial score (nSPS) is 28.9. The van der Waals surface area contributed by atoms with Crippen molar-refractivity contribution < 1.29 is 33.0 Å². The Labute approximate surface area is 141 Å². The molecule has 0 radical (unpaired) electrons. The Hall–Kier alpha value is -1.19. The second-order valence-corrected chi connectivity index (χ2v) is 7.20. The van der Waals surface area contributed by atoms with Crippen LogP contribution in [0.3, 0.4) is 0 Å². The van der Waals surface area contributed by atoms with Crippen molar-refractivity contribution in [1.82, 2.24) is 9.55 Å². The molecule has 0 aliphatic carbocycles. The summed E-state index contributed by atoms with van der Waals surface area (Å²) in [4.78, 5) is 14.2. The monoisotopic (exact) mass is 383 g/mol. The Morgan fingerprint density at radius 3 is 2.50 bits per heavy atom. The van der Waals surface area contributed by atoms with Crippen LogP contribution in [-0.4, -0.2) is 69.3 Å². The fourth-order valence-electron chi connectivity index (χ4n) is 2.44. The molecule has 13 heteroatoms. The van der Waals surface area contributed by atoms with E-state index in [0.29, 0.717) is 0 Å². The second kappa shape index (κ2) is 6.97. The Morgan fingerprint density at radius 2 is 2.04 bits per heavy atom. The number of rotatable bonds is 5. The van der Waals surface area contributed by atoms with E-state index in [9.17, 15) is 28.0 Å². The molecule has 1 aliphatic rings. The topological polar surface area (TPSA) is 188 Å². The number of nitrogens with one attached hydrogen (secondary N) is 1. The number of aliphatic hydroxyl groups is 3. The molecule has 1 aromatic heterocycles. The van der Waals surface area contributed by atoms with Crippen LogP contribution in [-0.2, 0) is 14.9 Å². The van der Waals surface area contributed by atoms with Crippen molar-refractivity contribution in [2.45, 2.75) is 29.8 Å². The van der Waals surface area contributed by atoms with Crippen molar-refractivity contribution in [2.75, 3.05) is 13.2 Å². The summed E-state index contributed by atoms with van der Waals surface area (Å²) in [5.74, 6) is 0. The molecule has 0 saturated carbocycles. The van der Waals surface area contributed by atoms with Gasteiger partial charge in [-0.3, -0.25) is 18.9 Å². The third-order valence-corrected chi connectivity index (χ3v) is 5.19. The fraction of sp³-hybridized carbons (Fsp3) is 0.636. The van der Waals surface area contributed by atoms with E-state index in [2.05, 4.69) is 4.98 Å². The number of nitrogens with two attached hydrogens (primary N) is 1. The summed E-state index contributed by atoms with van der Waals surface area (Å²) in [6.07, 6.45) is -4.29. The molecule has 24 heavy (non-hydrogen) atoms. The highest BCUT2D eigenvalue weighted by Crippen LogP contribution is 2.30. The van der Waals surface area contributed by atoms with E-state index in [4.69, 9.17) is 27.8 Å². The van der Waals surface area contributed by atoms with Crippen LogP contribution in [0.15, 0.2) is 11.0 Å². The lowest BCUT2D eigenvalue weighted by atomic mass is 10.1. The van der Waals surface area contributed by atoms with Crippen molar-refractivity contribution in [3.63, 3.8) is 0 Å². The lowest BCUT2D eigenvalue weighted by Crippen LogP contribution is -2.34. The molecule has 0 aromatic carbocycles. The molecule has 1 aromatic rings. The molecule has 0 amide bonds. The van der Waals surface area contributed by atoms with E-state index >= 15 is 0 Å². The number of hydrogen-bond acceptors (Lipinski definition) is 9. The van der Waals surface area contributed by atoms with E-state index in [1.54, 1.807) is 0 Å². The van der Waals surface area contributed by atoms with Crippen LogP contribution < -0.4 is 11.3 Å². The molecule has 136 valence electrons. The van der Waals surface area contributed by atoms with Gasteiger partial charge in [-0.1, -0.05) is 0 Å². The zero-order chi connectivity index (χ0) is 18.2. The van der Waals surface area contributed by atoms with Gasteiger partial charge in [0.05, 0.1) is 12.2 Å². The van der Waals surface area contributed by atoms with Crippen LogP contribution in [0.4, 0.5) is 0 Å². The summed E-state index contributed by atoms with van der Waals surface area (Å²) < 4.78 is 38.0. The third-order valence-electron chi connectivity index (χ3n) is 3.71. The van der Waals surface area contributed by atoms with E-state index in [1.807, 2.05) is 0 Å². The molecular weight excluding hydrogens is 366 g/mol. The standard InChI is InChI=1S/C11H17N3O8S2/c12-1-6(24(19,20)21)4-2-14(11(23)13-9(4)18)10-8(17)7(16)5(3-15)22-10/h2,5-8,10,15-17H,1,3,12H2,(H,13,18,23)(H,19,20,21)/t5-,6?,7-,8-,10-/m1/s1. The van der Waals surface area contributed by atoms with Crippen LogP contribution in [0.1, 0.15) is 17.0 Å². The van der Waals surface area contributed by atoms with Crippen LogP contribution >= 0.6 is 12.2 Å². The molecule has 11 nitrogen and oxygen atoms in total. The van der Waals surface area contributed by atoms with E-state index in [1.165, 1.54) is 0 Å². The van der Waals surface area contributed by atoms with Gasteiger partial charge in [-0.25, -0.2) is 0 Å². The Kier molecular flexibility index (Phi) is 5.56. The average Bonchev–Trinajstić information content (AvgIpc) is 2.76. The van der Waals surface area contributed by atoms with Crippen molar-refractivity contribution >= 4 is 22.3 Å². The average molecular weight is 383 g/mol.